The third kappa shape index (κ3) is 4.87. The highest BCUT2D eigenvalue weighted by Gasteiger charge is 2.36. The summed E-state index contributed by atoms with van der Waals surface area (Å²) in [6.07, 6.45) is 3.80. The molecule has 168 valence electrons. The minimum Gasteiger partial charge on any atom is -0.388 e. The van der Waals surface area contributed by atoms with Crippen LogP contribution in [0.15, 0.2) is 59.7 Å². The first kappa shape index (κ1) is 22.5. The van der Waals surface area contributed by atoms with E-state index in [9.17, 15) is 14.7 Å². The van der Waals surface area contributed by atoms with Crippen molar-refractivity contribution in [3.05, 3.63) is 75.8 Å². The fourth-order valence-electron chi connectivity index (χ4n) is 4.43. The van der Waals surface area contributed by atoms with Crippen molar-refractivity contribution < 1.29 is 9.90 Å². The number of halogens is 1. The predicted molar refractivity (Wildman–Crippen MR) is 126 cm³/mol. The Labute approximate surface area is 192 Å². The van der Waals surface area contributed by atoms with E-state index < -0.39 is 5.60 Å². The summed E-state index contributed by atoms with van der Waals surface area (Å²) in [7, 11) is 0. The lowest BCUT2D eigenvalue weighted by molar-refractivity contribution is -0.140. The Morgan fingerprint density at radius 2 is 1.91 bits per heavy atom. The minimum absolute atomic E-state index is 0.0669. The molecule has 1 fully saturated rings. The molecule has 6 nitrogen and oxygen atoms in total. The molecule has 3 aromatic rings. The molecule has 0 radical (unpaired) electrons. The zero-order valence-electron chi connectivity index (χ0n) is 18.2. The number of rotatable bonds is 6. The molecule has 7 heteroatoms. The highest BCUT2D eigenvalue weighted by molar-refractivity contribution is 6.31. The van der Waals surface area contributed by atoms with E-state index in [1.165, 1.54) is 10.9 Å². The van der Waals surface area contributed by atoms with Gasteiger partial charge in [0.15, 0.2) is 0 Å². The Morgan fingerprint density at radius 1 is 1.19 bits per heavy atom. The van der Waals surface area contributed by atoms with Crippen LogP contribution in [0.25, 0.3) is 10.9 Å². The molecule has 1 saturated heterocycles. The van der Waals surface area contributed by atoms with Crippen molar-refractivity contribution in [2.24, 2.45) is 5.92 Å². The number of hydrogen-bond acceptors (Lipinski definition) is 4. The summed E-state index contributed by atoms with van der Waals surface area (Å²) in [5.74, 6) is 0.0718. The molecular weight excluding hydrogens is 426 g/mol. The van der Waals surface area contributed by atoms with Crippen LogP contribution in [0.1, 0.15) is 31.7 Å². The van der Waals surface area contributed by atoms with Gasteiger partial charge in [-0.15, -0.1) is 0 Å². The van der Waals surface area contributed by atoms with E-state index in [1.54, 1.807) is 18.2 Å². The molecule has 32 heavy (non-hydrogen) atoms. The molecule has 1 aliphatic heterocycles. The Hall–Kier alpha value is -2.70. The number of hydrogen-bond donors (Lipinski definition) is 1. The van der Waals surface area contributed by atoms with Crippen LogP contribution >= 0.6 is 11.6 Å². The van der Waals surface area contributed by atoms with Crippen molar-refractivity contribution in [1.29, 1.82) is 0 Å². The van der Waals surface area contributed by atoms with Crippen molar-refractivity contribution in [2.75, 3.05) is 13.1 Å². The molecule has 1 amide bonds. The number of carbonyl (C=O) groups excluding carboxylic acids is 1. The van der Waals surface area contributed by atoms with Gasteiger partial charge in [0.05, 0.1) is 29.4 Å². The van der Waals surface area contributed by atoms with Gasteiger partial charge >= 0.3 is 0 Å². The number of aromatic nitrogens is 2. The maximum Gasteiger partial charge on any atom is 0.261 e. The van der Waals surface area contributed by atoms with E-state index in [1.807, 2.05) is 42.2 Å². The average Bonchev–Trinajstić information content (AvgIpc) is 2.80. The fourth-order valence-corrected chi connectivity index (χ4v) is 4.59. The minimum atomic E-state index is -1.05. The van der Waals surface area contributed by atoms with E-state index in [0.29, 0.717) is 41.9 Å². The van der Waals surface area contributed by atoms with Crippen LogP contribution in [0, 0.1) is 5.92 Å². The molecule has 2 aromatic carbocycles. The van der Waals surface area contributed by atoms with Crippen LogP contribution in [0.4, 0.5) is 0 Å². The van der Waals surface area contributed by atoms with Gasteiger partial charge < -0.3 is 10.0 Å². The Morgan fingerprint density at radius 3 is 2.59 bits per heavy atom. The quantitative estimate of drug-likeness (QED) is 0.617. The van der Waals surface area contributed by atoms with Gasteiger partial charge in [-0.3, -0.25) is 14.2 Å². The standard InChI is InChI=1S/C25H28ClN3O3/c1-2-19(14-18-6-4-3-5-7-18)23(30)28-12-10-25(32,11-13-28)16-29-17-27-22-15-20(26)8-9-21(22)24(29)31/h3-9,15,17,19,32H,2,10-14,16H2,1H3. The number of amides is 1. The molecular formula is C25H28ClN3O3. The lowest BCUT2D eigenvalue weighted by Crippen LogP contribution is -2.51. The van der Waals surface area contributed by atoms with Crippen molar-refractivity contribution >= 4 is 28.4 Å². The van der Waals surface area contributed by atoms with Gasteiger partial charge in [0.1, 0.15) is 0 Å². The molecule has 0 saturated carbocycles. The van der Waals surface area contributed by atoms with Gasteiger partial charge in [-0.1, -0.05) is 48.9 Å². The lowest BCUT2D eigenvalue weighted by atomic mass is 9.89. The molecule has 1 aromatic heterocycles. The lowest BCUT2D eigenvalue weighted by Gasteiger charge is -2.39. The normalized spacial score (nSPS) is 16.8. The SMILES string of the molecule is CCC(Cc1ccccc1)C(=O)N1CCC(O)(Cn2cnc3cc(Cl)ccc3c2=O)CC1. The molecule has 0 spiro atoms. The van der Waals surface area contributed by atoms with Crippen LogP contribution in [0.2, 0.25) is 5.02 Å². The molecule has 1 N–H and O–H groups in total. The second-order valence-electron chi connectivity index (χ2n) is 8.68. The van der Waals surface area contributed by atoms with Gasteiger partial charge in [0.25, 0.3) is 5.56 Å². The van der Waals surface area contributed by atoms with Crippen LogP contribution in [0.3, 0.4) is 0 Å². The number of piperidine rings is 1. The highest BCUT2D eigenvalue weighted by Crippen LogP contribution is 2.26. The summed E-state index contributed by atoms with van der Waals surface area (Å²) in [5.41, 5.74) is 0.442. The molecule has 2 heterocycles. The van der Waals surface area contributed by atoms with Crippen molar-refractivity contribution in [1.82, 2.24) is 14.5 Å². The van der Waals surface area contributed by atoms with Gasteiger partial charge in [-0.05, 0) is 49.4 Å². The molecule has 0 bridgehead atoms. The zero-order chi connectivity index (χ0) is 22.7. The van der Waals surface area contributed by atoms with Gasteiger partial charge in [-0.25, -0.2) is 4.98 Å². The van der Waals surface area contributed by atoms with E-state index in [0.717, 1.165) is 18.4 Å². The largest absolute Gasteiger partial charge is 0.388 e. The Kier molecular flexibility index (Phi) is 6.63. The van der Waals surface area contributed by atoms with E-state index >= 15 is 0 Å². The number of aliphatic hydroxyl groups is 1. The maximum atomic E-state index is 13.1. The van der Waals surface area contributed by atoms with Crippen LogP contribution in [-0.4, -0.2) is 44.2 Å². The highest BCUT2D eigenvalue weighted by atomic mass is 35.5. The van der Waals surface area contributed by atoms with E-state index in [4.69, 9.17) is 11.6 Å². The summed E-state index contributed by atoms with van der Waals surface area (Å²) < 4.78 is 1.46. The first-order valence-electron chi connectivity index (χ1n) is 11.1. The number of nitrogens with zero attached hydrogens (tertiary/aromatic N) is 3. The van der Waals surface area contributed by atoms with Crippen LogP contribution < -0.4 is 5.56 Å². The monoisotopic (exact) mass is 453 g/mol. The van der Waals surface area contributed by atoms with Crippen molar-refractivity contribution in [3.63, 3.8) is 0 Å². The van der Waals surface area contributed by atoms with Crippen LogP contribution in [0.5, 0.6) is 0 Å². The molecule has 1 atom stereocenters. The number of fused-ring (bicyclic) bond motifs is 1. The van der Waals surface area contributed by atoms with Gasteiger partial charge in [0, 0.05) is 24.0 Å². The van der Waals surface area contributed by atoms with Crippen molar-refractivity contribution in [2.45, 2.75) is 44.8 Å². The third-order valence-electron chi connectivity index (χ3n) is 6.42. The summed E-state index contributed by atoms with van der Waals surface area (Å²) in [6, 6.07) is 15.0. The smallest absolute Gasteiger partial charge is 0.261 e. The van der Waals surface area contributed by atoms with E-state index in [2.05, 4.69) is 4.98 Å². The number of likely N-dealkylation sites (tertiary alicyclic amines) is 1. The van der Waals surface area contributed by atoms with Crippen molar-refractivity contribution in [3.8, 4) is 0 Å². The molecule has 1 aliphatic rings. The van der Waals surface area contributed by atoms with Gasteiger partial charge in [0.2, 0.25) is 5.91 Å². The molecule has 4 rings (SSSR count). The Balaban J connectivity index is 1.41. The third-order valence-corrected chi connectivity index (χ3v) is 6.66. The second kappa shape index (κ2) is 9.43. The van der Waals surface area contributed by atoms with Gasteiger partial charge in [-0.2, -0.15) is 0 Å². The molecule has 0 aliphatic carbocycles. The summed E-state index contributed by atoms with van der Waals surface area (Å²) in [5, 5.41) is 12.1. The fraction of sp³-hybridized carbons (Fsp3) is 0.400. The topological polar surface area (TPSA) is 75.4 Å². The van der Waals surface area contributed by atoms with Crippen LogP contribution in [-0.2, 0) is 17.8 Å². The molecule has 1 unspecified atom stereocenters. The maximum absolute atomic E-state index is 13.1. The zero-order valence-corrected chi connectivity index (χ0v) is 19.0. The first-order valence-corrected chi connectivity index (χ1v) is 11.5. The first-order chi connectivity index (χ1) is 15.4. The summed E-state index contributed by atoms with van der Waals surface area (Å²) in [4.78, 5) is 32.1. The summed E-state index contributed by atoms with van der Waals surface area (Å²) >= 11 is 5.98. The summed E-state index contributed by atoms with van der Waals surface area (Å²) in [6.45, 7) is 3.15. The van der Waals surface area contributed by atoms with E-state index in [-0.39, 0.29) is 23.9 Å². The number of carbonyl (C=O) groups is 1. The predicted octanol–water partition coefficient (Wildman–Crippen LogP) is 3.67. The second-order valence-corrected chi connectivity index (χ2v) is 9.12. The Bertz CT molecular complexity index is 1150. The number of benzene rings is 2. The average molecular weight is 454 g/mol.